The van der Waals surface area contributed by atoms with Gasteiger partial charge in [0.15, 0.2) is 16.6 Å². The molecule has 0 bridgehead atoms. The molecule has 31 heavy (non-hydrogen) atoms. The highest BCUT2D eigenvalue weighted by atomic mass is 32.1. The summed E-state index contributed by atoms with van der Waals surface area (Å²) in [6.45, 7) is 9.13. The molecule has 4 heterocycles. The topological polar surface area (TPSA) is 111 Å². The standard InChI is InChI=1S/C21H22N6O3S/c1-6-16(28)14-7-11(2)13(9-22-14)12-8-15-18(27-17(12)23-10-24-27)31-19(25-15)26-20(29)30-21(3,4)5/h7-10H,6H2,1-5H3,(H,25,26,29). The number of thiazole rings is 1. The number of anilines is 1. The number of aryl methyl sites for hydroxylation is 1. The Morgan fingerprint density at radius 2 is 1.97 bits per heavy atom. The molecule has 0 aliphatic carbocycles. The van der Waals surface area contributed by atoms with Crippen LogP contribution in [0.1, 0.15) is 50.2 Å². The Balaban J connectivity index is 1.78. The third-order valence-electron chi connectivity index (χ3n) is 4.51. The predicted molar refractivity (Wildman–Crippen MR) is 119 cm³/mol. The molecular weight excluding hydrogens is 416 g/mol. The fourth-order valence-corrected chi connectivity index (χ4v) is 4.05. The van der Waals surface area contributed by atoms with Gasteiger partial charge in [0.05, 0.1) is 0 Å². The molecule has 1 N–H and O–H groups in total. The molecule has 10 heteroatoms. The second-order valence-corrected chi connectivity index (χ2v) is 9.03. The maximum atomic E-state index is 12.1. The number of amides is 1. The lowest BCUT2D eigenvalue weighted by molar-refractivity contribution is 0.0635. The summed E-state index contributed by atoms with van der Waals surface area (Å²) in [5.74, 6) is -0.00455. The number of fused-ring (bicyclic) bond motifs is 3. The van der Waals surface area contributed by atoms with E-state index in [1.165, 1.54) is 17.7 Å². The lowest BCUT2D eigenvalue weighted by Crippen LogP contribution is -2.27. The second kappa shape index (κ2) is 7.69. The maximum Gasteiger partial charge on any atom is 0.413 e. The number of carbonyl (C=O) groups excluding carboxylic acids is 2. The number of pyridine rings is 2. The SMILES string of the molecule is CCC(=O)c1cc(C)c(-c2cc3nc(NC(=O)OC(C)(C)C)sc3n3ncnc23)cn1. The Bertz CT molecular complexity index is 1320. The number of Topliss-reactive ketones (excluding diaryl/α,β-unsaturated/α-hetero) is 1. The smallest absolute Gasteiger partial charge is 0.413 e. The second-order valence-electron chi connectivity index (χ2n) is 8.05. The van der Waals surface area contributed by atoms with Crippen LogP contribution in [0.15, 0.2) is 24.7 Å². The van der Waals surface area contributed by atoms with Crippen molar-refractivity contribution in [3.8, 4) is 11.1 Å². The van der Waals surface area contributed by atoms with Gasteiger partial charge in [0.25, 0.3) is 0 Å². The first-order valence-electron chi connectivity index (χ1n) is 9.80. The average Bonchev–Trinajstić information content (AvgIpc) is 3.31. The van der Waals surface area contributed by atoms with Gasteiger partial charge in [0, 0.05) is 23.7 Å². The zero-order valence-corrected chi connectivity index (χ0v) is 18.7. The number of aromatic nitrogens is 5. The monoisotopic (exact) mass is 438 g/mol. The summed E-state index contributed by atoms with van der Waals surface area (Å²) in [7, 11) is 0. The molecular formula is C21H22N6O3S. The highest BCUT2D eigenvalue weighted by Crippen LogP contribution is 2.34. The number of ketones is 1. The summed E-state index contributed by atoms with van der Waals surface area (Å²) >= 11 is 1.28. The minimum atomic E-state index is -0.608. The van der Waals surface area contributed by atoms with Crippen molar-refractivity contribution in [2.45, 2.75) is 46.6 Å². The number of rotatable bonds is 4. The summed E-state index contributed by atoms with van der Waals surface area (Å²) in [4.78, 5) is 38.1. The average molecular weight is 439 g/mol. The van der Waals surface area contributed by atoms with E-state index in [4.69, 9.17) is 4.74 Å². The highest BCUT2D eigenvalue weighted by molar-refractivity contribution is 7.22. The molecule has 0 atom stereocenters. The Labute approximate surface area is 182 Å². The first kappa shape index (κ1) is 20.9. The first-order valence-corrected chi connectivity index (χ1v) is 10.6. The number of hydrogen-bond acceptors (Lipinski definition) is 8. The lowest BCUT2D eigenvalue weighted by atomic mass is 10.0. The van der Waals surface area contributed by atoms with Crippen LogP contribution < -0.4 is 5.32 Å². The molecule has 0 fully saturated rings. The van der Waals surface area contributed by atoms with Gasteiger partial charge < -0.3 is 4.74 Å². The van der Waals surface area contributed by atoms with Crippen molar-refractivity contribution in [1.29, 1.82) is 0 Å². The number of nitrogens with one attached hydrogen (secondary N) is 1. The van der Waals surface area contributed by atoms with E-state index in [-0.39, 0.29) is 5.78 Å². The van der Waals surface area contributed by atoms with Gasteiger partial charge in [-0.3, -0.25) is 15.1 Å². The molecule has 0 unspecified atom stereocenters. The molecule has 0 saturated carbocycles. The maximum absolute atomic E-state index is 12.1. The van der Waals surface area contributed by atoms with Crippen molar-refractivity contribution >= 4 is 44.3 Å². The van der Waals surface area contributed by atoms with E-state index in [1.54, 1.807) is 37.5 Å². The summed E-state index contributed by atoms with van der Waals surface area (Å²) in [6, 6.07) is 3.68. The van der Waals surface area contributed by atoms with Gasteiger partial charge in [-0.15, -0.1) is 0 Å². The van der Waals surface area contributed by atoms with Crippen LogP contribution in [0.25, 0.3) is 27.1 Å². The fraction of sp³-hybridized carbons (Fsp3) is 0.333. The number of hydrogen-bond donors (Lipinski definition) is 1. The van der Waals surface area contributed by atoms with Gasteiger partial charge in [-0.1, -0.05) is 18.3 Å². The van der Waals surface area contributed by atoms with E-state index in [1.807, 2.05) is 19.9 Å². The third kappa shape index (κ3) is 4.11. The Morgan fingerprint density at radius 3 is 2.65 bits per heavy atom. The lowest BCUT2D eigenvalue weighted by Gasteiger charge is -2.18. The van der Waals surface area contributed by atoms with Gasteiger partial charge in [-0.2, -0.15) is 5.10 Å². The van der Waals surface area contributed by atoms with E-state index in [0.29, 0.717) is 28.4 Å². The van der Waals surface area contributed by atoms with Crippen molar-refractivity contribution in [2.24, 2.45) is 0 Å². The van der Waals surface area contributed by atoms with Crippen LogP contribution in [0.5, 0.6) is 0 Å². The minimum Gasteiger partial charge on any atom is -0.444 e. The zero-order valence-electron chi connectivity index (χ0n) is 17.9. The van der Waals surface area contributed by atoms with Crippen molar-refractivity contribution in [3.63, 3.8) is 0 Å². The van der Waals surface area contributed by atoms with E-state index in [2.05, 4.69) is 25.4 Å². The van der Waals surface area contributed by atoms with Crippen LogP contribution in [0.3, 0.4) is 0 Å². The molecule has 0 spiro atoms. The van der Waals surface area contributed by atoms with Gasteiger partial charge in [0.1, 0.15) is 28.0 Å². The number of carbonyl (C=O) groups is 2. The first-order chi connectivity index (χ1) is 14.7. The Kier molecular flexibility index (Phi) is 5.18. The molecule has 160 valence electrons. The Morgan fingerprint density at radius 1 is 1.19 bits per heavy atom. The van der Waals surface area contributed by atoms with Crippen molar-refractivity contribution < 1.29 is 14.3 Å². The van der Waals surface area contributed by atoms with Crippen molar-refractivity contribution in [2.75, 3.05) is 5.32 Å². The van der Waals surface area contributed by atoms with Crippen molar-refractivity contribution in [1.82, 2.24) is 24.6 Å². The van der Waals surface area contributed by atoms with E-state index >= 15 is 0 Å². The van der Waals surface area contributed by atoms with Crippen LogP contribution in [0, 0.1) is 6.92 Å². The number of ether oxygens (including phenoxy) is 1. The molecule has 0 aliphatic heterocycles. The third-order valence-corrected chi connectivity index (χ3v) is 5.47. The highest BCUT2D eigenvalue weighted by Gasteiger charge is 2.20. The van der Waals surface area contributed by atoms with Crippen LogP contribution in [0.2, 0.25) is 0 Å². The molecule has 9 nitrogen and oxygen atoms in total. The van der Waals surface area contributed by atoms with Gasteiger partial charge in [0.2, 0.25) is 0 Å². The molecule has 0 radical (unpaired) electrons. The molecule has 0 aliphatic rings. The summed E-state index contributed by atoms with van der Waals surface area (Å²) in [5, 5.41) is 7.41. The molecule has 4 aromatic heterocycles. The van der Waals surface area contributed by atoms with Crippen LogP contribution in [0.4, 0.5) is 9.93 Å². The quantitative estimate of drug-likeness (QED) is 0.462. The summed E-state index contributed by atoms with van der Waals surface area (Å²) in [5.41, 5.74) is 3.65. The van der Waals surface area contributed by atoms with E-state index in [9.17, 15) is 9.59 Å². The zero-order chi connectivity index (χ0) is 22.3. The fourth-order valence-electron chi connectivity index (χ4n) is 3.16. The molecule has 4 aromatic rings. The van der Waals surface area contributed by atoms with Gasteiger partial charge >= 0.3 is 6.09 Å². The van der Waals surface area contributed by atoms with Gasteiger partial charge in [-0.05, 0) is 45.4 Å². The summed E-state index contributed by atoms with van der Waals surface area (Å²) in [6.07, 6.45) is 2.98. The molecule has 1 amide bonds. The Hall–Kier alpha value is -3.40. The number of nitrogens with zero attached hydrogens (tertiary/aromatic N) is 5. The molecule has 0 aromatic carbocycles. The van der Waals surface area contributed by atoms with Crippen LogP contribution in [-0.2, 0) is 4.74 Å². The predicted octanol–water partition coefficient (Wildman–Crippen LogP) is 4.65. The summed E-state index contributed by atoms with van der Waals surface area (Å²) < 4.78 is 6.99. The van der Waals surface area contributed by atoms with Gasteiger partial charge in [-0.25, -0.2) is 19.3 Å². The minimum absolute atomic E-state index is 0.00455. The normalized spacial score (nSPS) is 11.8. The van der Waals surface area contributed by atoms with Crippen LogP contribution in [-0.4, -0.2) is 42.0 Å². The van der Waals surface area contributed by atoms with Crippen molar-refractivity contribution in [3.05, 3.63) is 35.9 Å². The van der Waals surface area contributed by atoms with E-state index < -0.39 is 11.7 Å². The molecule has 0 saturated heterocycles. The molecule has 4 rings (SSSR count). The van der Waals surface area contributed by atoms with Crippen LogP contribution >= 0.6 is 11.3 Å². The van der Waals surface area contributed by atoms with E-state index in [0.717, 1.165) is 21.5 Å². The largest absolute Gasteiger partial charge is 0.444 e.